The molecule has 0 spiro atoms. The first kappa shape index (κ1) is 19.6. The second kappa shape index (κ2) is 7.82. The summed E-state index contributed by atoms with van der Waals surface area (Å²) in [6.07, 6.45) is -2.36. The molecule has 0 aliphatic rings. The zero-order chi connectivity index (χ0) is 20.3. The molecule has 7 heteroatoms. The summed E-state index contributed by atoms with van der Waals surface area (Å²) in [7, 11) is 0. The number of benzene rings is 2. The summed E-state index contributed by atoms with van der Waals surface area (Å²) >= 11 is 0. The van der Waals surface area contributed by atoms with Crippen molar-refractivity contribution in [2.24, 2.45) is 5.73 Å². The van der Waals surface area contributed by atoms with Crippen LogP contribution in [0.15, 0.2) is 67.0 Å². The maximum atomic E-state index is 13.6. The Balaban J connectivity index is 1.91. The van der Waals surface area contributed by atoms with Crippen molar-refractivity contribution in [2.45, 2.75) is 19.3 Å². The van der Waals surface area contributed by atoms with Crippen molar-refractivity contribution in [3.63, 3.8) is 0 Å². The van der Waals surface area contributed by atoms with E-state index in [0.717, 1.165) is 11.6 Å². The largest absolute Gasteiger partial charge is 0.417 e. The molecule has 1 amide bonds. The summed E-state index contributed by atoms with van der Waals surface area (Å²) in [6.45, 7) is 1.82. The van der Waals surface area contributed by atoms with Gasteiger partial charge >= 0.3 is 6.18 Å². The number of carbonyl (C=O) groups is 1. The summed E-state index contributed by atoms with van der Waals surface area (Å²) in [4.78, 5) is 16.5. The molecular formula is C21H18F3N3O. The van der Waals surface area contributed by atoms with Gasteiger partial charge in [-0.15, -0.1) is 0 Å². The van der Waals surface area contributed by atoms with Crippen molar-refractivity contribution < 1.29 is 18.0 Å². The zero-order valence-corrected chi connectivity index (χ0v) is 15.0. The molecule has 1 unspecified atom stereocenters. The lowest BCUT2D eigenvalue weighted by atomic mass is 9.97. The van der Waals surface area contributed by atoms with E-state index in [9.17, 15) is 18.0 Å². The first-order valence-electron chi connectivity index (χ1n) is 8.50. The van der Waals surface area contributed by atoms with Crippen molar-refractivity contribution in [3.8, 4) is 11.1 Å². The molecule has 1 atom stereocenters. The van der Waals surface area contributed by atoms with E-state index in [1.165, 1.54) is 18.3 Å². The Hall–Kier alpha value is -3.19. The Morgan fingerprint density at radius 1 is 1.07 bits per heavy atom. The van der Waals surface area contributed by atoms with Crippen LogP contribution in [0.2, 0.25) is 0 Å². The average Bonchev–Trinajstić information content (AvgIpc) is 2.67. The normalized spacial score (nSPS) is 12.5. The highest BCUT2D eigenvalue weighted by Crippen LogP contribution is 2.37. The van der Waals surface area contributed by atoms with Gasteiger partial charge in [0.05, 0.1) is 5.56 Å². The summed E-state index contributed by atoms with van der Waals surface area (Å²) in [5.41, 5.74) is 6.80. The van der Waals surface area contributed by atoms with Crippen molar-refractivity contribution in [1.29, 1.82) is 0 Å². The van der Waals surface area contributed by atoms with Gasteiger partial charge in [0.2, 0.25) is 0 Å². The molecule has 3 N–H and O–H groups in total. The lowest BCUT2D eigenvalue weighted by molar-refractivity contribution is -0.137. The van der Waals surface area contributed by atoms with Crippen LogP contribution in [0.1, 0.15) is 33.2 Å². The van der Waals surface area contributed by atoms with Crippen molar-refractivity contribution in [3.05, 3.63) is 89.2 Å². The molecule has 28 heavy (non-hydrogen) atoms. The minimum atomic E-state index is -4.61. The third-order valence-corrected chi connectivity index (χ3v) is 4.21. The number of nitrogens with two attached hydrogens (primary N) is 1. The number of nitrogens with one attached hydrogen (secondary N) is 1. The van der Waals surface area contributed by atoms with Gasteiger partial charge in [-0.1, -0.05) is 36.4 Å². The zero-order valence-electron chi connectivity index (χ0n) is 15.0. The van der Waals surface area contributed by atoms with Crippen molar-refractivity contribution in [2.75, 3.05) is 0 Å². The SMILES string of the molecule is Cc1cncc(C(N)NC(=O)c2ccc(-c3ccccc3)c(C(F)(F)F)c2)c1. The smallest absolute Gasteiger partial charge is 0.333 e. The van der Waals surface area contributed by atoms with E-state index in [1.54, 1.807) is 42.6 Å². The molecule has 0 saturated carbocycles. The lowest BCUT2D eigenvalue weighted by Crippen LogP contribution is -2.34. The van der Waals surface area contributed by atoms with Gasteiger partial charge in [0.15, 0.2) is 0 Å². The molecule has 1 heterocycles. The second-order valence-electron chi connectivity index (χ2n) is 6.37. The highest BCUT2D eigenvalue weighted by molar-refractivity contribution is 5.95. The van der Waals surface area contributed by atoms with Gasteiger partial charge in [-0.3, -0.25) is 9.78 Å². The Kier molecular flexibility index (Phi) is 5.46. The van der Waals surface area contributed by atoms with E-state index >= 15 is 0 Å². The number of hydrogen-bond donors (Lipinski definition) is 2. The number of amides is 1. The maximum absolute atomic E-state index is 13.6. The predicted molar refractivity (Wildman–Crippen MR) is 100 cm³/mol. The number of aryl methyl sites for hydroxylation is 1. The van der Waals surface area contributed by atoms with Crippen LogP contribution in [0.25, 0.3) is 11.1 Å². The van der Waals surface area contributed by atoms with E-state index in [2.05, 4.69) is 10.3 Å². The Morgan fingerprint density at radius 3 is 2.43 bits per heavy atom. The first-order valence-corrected chi connectivity index (χ1v) is 8.50. The van der Waals surface area contributed by atoms with Crippen molar-refractivity contribution >= 4 is 5.91 Å². The molecule has 4 nitrogen and oxygen atoms in total. The molecule has 2 aromatic carbocycles. The van der Waals surface area contributed by atoms with Crippen LogP contribution in [0.5, 0.6) is 0 Å². The molecule has 0 fully saturated rings. The van der Waals surface area contributed by atoms with Crippen LogP contribution < -0.4 is 11.1 Å². The van der Waals surface area contributed by atoms with E-state index in [1.807, 2.05) is 6.92 Å². The summed E-state index contributed by atoms with van der Waals surface area (Å²) in [5, 5.41) is 2.51. The number of aromatic nitrogens is 1. The highest BCUT2D eigenvalue weighted by atomic mass is 19.4. The Bertz CT molecular complexity index is 988. The summed E-state index contributed by atoms with van der Waals surface area (Å²) < 4.78 is 40.8. The van der Waals surface area contributed by atoms with Gasteiger partial charge in [-0.25, -0.2) is 0 Å². The first-order chi connectivity index (χ1) is 13.3. The monoisotopic (exact) mass is 385 g/mol. The number of rotatable bonds is 4. The van der Waals surface area contributed by atoms with Gasteiger partial charge < -0.3 is 11.1 Å². The maximum Gasteiger partial charge on any atom is 0.417 e. The van der Waals surface area contributed by atoms with Gasteiger partial charge in [-0.2, -0.15) is 13.2 Å². The molecule has 0 aliphatic heterocycles. The quantitative estimate of drug-likeness (QED) is 0.652. The van der Waals surface area contributed by atoms with Gasteiger partial charge in [0.25, 0.3) is 5.91 Å². The van der Waals surface area contributed by atoms with Crippen molar-refractivity contribution in [1.82, 2.24) is 10.3 Å². The molecule has 0 aliphatic carbocycles. The molecule has 0 radical (unpaired) electrons. The number of hydrogen-bond acceptors (Lipinski definition) is 3. The fourth-order valence-electron chi connectivity index (χ4n) is 2.85. The summed E-state index contributed by atoms with van der Waals surface area (Å²) in [6, 6.07) is 13.5. The minimum Gasteiger partial charge on any atom is -0.333 e. The lowest BCUT2D eigenvalue weighted by Gasteiger charge is -2.17. The van der Waals surface area contributed by atoms with Crippen LogP contribution >= 0.6 is 0 Å². The van der Waals surface area contributed by atoms with Gasteiger partial charge in [0.1, 0.15) is 6.17 Å². The van der Waals surface area contributed by atoms with Gasteiger partial charge in [-0.05, 0) is 41.8 Å². The van der Waals surface area contributed by atoms with Crippen LogP contribution in [-0.4, -0.2) is 10.9 Å². The molecule has 1 aromatic heterocycles. The van der Waals surface area contributed by atoms with E-state index < -0.39 is 23.8 Å². The average molecular weight is 385 g/mol. The fraction of sp³-hybridized carbons (Fsp3) is 0.143. The van der Waals surface area contributed by atoms with Crippen LogP contribution in [0.4, 0.5) is 13.2 Å². The molecule has 0 saturated heterocycles. The number of pyridine rings is 1. The fourth-order valence-corrected chi connectivity index (χ4v) is 2.85. The minimum absolute atomic E-state index is 0.0110. The van der Waals surface area contributed by atoms with E-state index in [0.29, 0.717) is 11.1 Å². The Morgan fingerprint density at radius 2 is 1.79 bits per heavy atom. The van der Waals surface area contributed by atoms with E-state index in [4.69, 9.17) is 5.73 Å². The van der Waals surface area contributed by atoms with Crippen LogP contribution in [-0.2, 0) is 6.18 Å². The van der Waals surface area contributed by atoms with Gasteiger partial charge in [0, 0.05) is 23.5 Å². The molecule has 0 bridgehead atoms. The second-order valence-corrected chi connectivity index (χ2v) is 6.37. The number of halogens is 3. The molecule has 144 valence electrons. The summed E-state index contributed by atoms with van der Waals surface area (Å²) in [5.74, 6) is -0.695. The third kappa shape index (κ3) is 4.37. The van der Waals surface area contributed by atoms with Crippen LogP contribution in [0, 0.1) is 6.92 Å². The number of alkyl halides is 3. The van der Waals surface area contributed by atoms with Crippen LogP contribution in [0.3, 0.4) is 0 Å². The molecule has 3 rings (SSSR count). The Labute approximate surface area is 160 Å². The predicted octanol–water partition coefficient (Wildman–Crippen LogP) is 4.46. The van der Waals surface area contributed by atoms with E-state index in [-0.39, 0.29) is 11.1 Å². The molecular weight excluding hydrogens is 367 g/mol. The molecule has 3 aromatic rings. The topological polar surface area (TPSA) is 68.0 Å². The number of nitrogens with zero attached hydrogens (tertiary/aromatic N) is 1. The highest BCUT2D eigenvalue weighted by Gasteiger charge is 2.34. The third-order valence-electron chi connectivity index (χ3n) is 4.21. The number of carbonyl (C=O) groups excluding carboxylic acids is 1. The standard InChI is InChI=1S/C21H18F3N3O/c1-13-9-16(12-26-11-13)19(25)27-20(28)15-7-8-17(14-5-3-2-4-6-14)18(10-15)21(22,23)24/h2-12,19H,25H2,1H3,(H,27,28).